The zero-order valence-corrected chi connectivity index (χ0v) is 23.2. The van der Waals surface area contributed by atoms with Gasteiger partial charge < -0.3 is 10.2 Å². The molecule has 194 valence electrons. The molecule has 0 saturated heterocycles. The predicted octanol–water partition coefficient (Wildman–Crippen LogP) is 7.58. The molecule has 0 aliphatic heterocycles. The Bertz CT molecular complexity index is 784. The molecule has 0 aromatic carbocycles. The van der Waals surface area contributed by atoms with Crippen LogP contribution in [0.25, 0.3) is 0 Å². The maximum Gasteiger partial charge on any atom is 0.145 e. The van der Waals surface area contributed by atoms with Crippen molar-refractivity contribution in [3.63, 3.8) is 0 Å². The highest BCUT2D eigenvalue weighted by Crippen LogP contribution is 2.55. The first kappa shape index (κ1) is 29.0. The SMILES string of the molecule is C=C1CC[C@H](C)C(C)(C)[C@@H]1CC/C(C)=C/CC[C@@]1(C)[C@H](CCCO)/C(=C(/C)C=O)CC[C@]1(C)O. The van der Waals surface area contributed by atoms with Crippen molar-refractivity contribution in [2.75, 3.05) is 6.61 Å². The number of aliphatic hydroxyl groups is 2. The molecule has 2 rings (SSSR count). The van der Waals surface area contributed by atoms with Gasteiger partial charge in [-0.15, -0.1) is 0 Å². The van der Waals surface area contributed by atoms with Gasteiger partial charge in [0.05, 0.1) is 5.60 Å². The second kappa shape index (κ2) is 11.7. The second-order valence-electron chi connectivity index (χ2n) is 12.5. The van der Waals surface area contributed by atoms with E-state index in [1.54, 1.807) is 0 Å². The average molecular weight is 473 g/mol. The summed E-state index contributed by atoms with van der Waals surface area (Å²) in [6.07, 6.45) is 12.8. The van der Waals surface area contributed by atoms with Crippen LogP contribution in [-0.2, 0) is 4.79 Å². The van der Waals surface area contributed by atoms with E-state index in [-0.39, 0.29) is 17.9 Å². The minimum absolute atomic E-state index is 0.121. The highest BCUT2D eigenvalue weighted by Gasteiger charge is 2.52. The van der Waals surface area contributed by atoms with Crippen molar-refractivity contribution in [2.45, 2.75) is 118 Å². The number of aliphatic hydroxyl groups excluding tert-OH is 1. The third kappa shape index (κ3) is 6.13. The van der Waals surface area contributed by atoms with Crippen molar-refractivity contribution in [2.24, 2.45) is 28.6 Å². The summed E-state index contributed by atoms with van der Waals surface area (Å²) >= 11 is 0. The highest BCUT2D eigenvalue weighted by atomic mass is 16.3. The Morgan fingerprint density at radius 3 is 2.41 bits per heavy atom. The van der Waals surface area contributed by atoms with E-state index in [0.29, 0.717) is 24.2 Å². The number of rotatable bonds is 10. The lowest BCUT2D eigenvalue weighted by atomic mass is 9.54. The predicted molar refractivity (Wildman–Crippen MR) is 144 cm³/mol. The smallest absolute Gasteiger partial charge is 0.145 e. The van der Waals surface area contributed by atoms with E-state index in [4.69, 9.17) is 0 Å². The molecular formula is C31H52O3. The molecule has 2 fully saturated rings. The van der Waals surface area contributed by atoms with Gasteiger partial charge in [0.15, 0.2) is 0 Å². The molecule has 2 aliphatic carbocycles. The van der Waals surface area contributed by atoms with E-state index in [9.17, 15) is 15.0 Å². The summed E-state index contributed by atoms with van der Waals surface area (Å²) in [4.78, 5) is 11.6. The Morgan fingerprint density at radius 2 is 1.79 bits per heavy atom. The molecule has 0 unspecified atom stereocenters. The Labute approximate surface area is 209 Å². The number of carbonyl (C=O) groups is 1. The summed E-state index contributed by atoms with van der Waals surface area (Å²) in [6, 6.07) is 0. The number of aldehydes is 1. The largest absolute Gasteiger partial charge is 0.396 e. The molecule has 0 heterocycles. The van der Waals surface area contributed by atoms with Gasteiger partial charge in [-0.2, -0.15) is 0 Å². The fourth-order valence-electron chi connectivity index (χ4n) is 6.86. The maximum atomic E-state index is 11.6. The van der Waals surface area contributed by atoms with Crippen LogP contribution in [0.4, 0.5) is 0 Å². The van der Waals surface area contributed by atoms with Gasteiger partial charge in [-0.3, -0.25) is 4.79 Å². The highest BCUT2D eigenvalue weighted by molar-refractivity contribution is 5.74. The van der Waals surface area contributed by atoms with Gasteiger partial charge in [-0.1, -0.05) is 57.1 Å². The van der Waals surface area contributed by atoms with Crippen LogP contribution in [-0.4, -0.2) is 28.7 Å². The molecule has 5 atom stereocenters. The van der Waals surface area contributed by atoms with Crippen LogP contribution in [0, 0.1) is 28.6 Å². The van der Waals surface area contributed by atoms with Crippen LogP contribution in [0.1, 0.15) is 113 Å². The molecule has 0 radical (unpaired) electrons. The van der Waals surface area contributed by atoms with E-state index in [2.05, 4.69) is 47.3 Å². The number of hydrogen-bond donors (Lipinski definition) is 2. The first-order valence-electron chi connectivity index (χ1n) is 13.6. The summed E-state index contributed by atoms with van der Waals surface area (Å²) in [7, 11) is 0. The van der Waals surface area contributed by atoms with E-state index in [1.807, 2.05) is 13.8 Å². The van der Waals surface area contributed by atoms with Crippen molar-refractivity contribution in [1.82, 2.24) is 0 Å². The molecule has 2 N–H and O–H groups in total. The van der Waals surface area contributed by atoms with Crippen molar-refractivity contribution < 1.29 is 15.0 Å². The molecule has 0 amide bonds. The quantitative estimate of drug-likeness (QED) is 0.196. The molecule has 0 bridgehead atoms. The van der Waals surface area contributed by atoms with Gasteiger partial charge in [0.1, 0.15) is 6.29 Å². The number of carbonyl (C=O) groups excluding carboxylic acids is 1. The third-order valence-electron chi connectivity index (χ3n) is 10.2. The van der Waals surface area contributed by atoms with E-state index >= 15 is 0 Å². The van der Waals surface area contributed by atoms with Gasteiger partial charge in [0.25, 0.3) is 0 Å². The van der Waals surface area contributed by atoms with Crippen LogP contribution in [0.5, 0.6) is 0 Å². The minimum Gasteiger partial charge on any atom is -0.396 e. The summed E-state index contributed by atoms with van der Waals surface area (Å²) in [5, 5.41) is 21.0. The maximum absolute atomic E-state index is 11.6. The lowest BCUT2D eigenvalue weighted by Gasteiger charge is -2.53. The van der Waals surface area contributed by atoms with Gasteiger partial charge in [-0.05, 0) is 114 Å². The van der Waals surface area contributed by atoms with Gasteiger partial charge in [0.2, 0.25) is 0 Å². The van der Waals surface area contributed by atoms with Crippen LogP contribution < -0.4 is 0 Å². The molecule has 2 aliphatic rings. The number of hydrogen-bond acceptors (Lipinski definition) is 3. The Morgan fingerprint density at radius 1 is 1.12 bits per heavy atom. The Kier molecular flexibility index (Phi) is 9.99. The molecule has 0 spiro atoms. The molecule has 3 nitrogen and oxygen atoms in total. The lowest BCUT2D eigenvalue weighted by Crippen LogP contribution is -2.52. The molecule has 0 aromatic rings. The van der Waals surface area contributed by atoms with E-state index in [1.165, 1.54) is 23.1 Å². The zero-order valence-electron chi connectivity index (χ0n) is 23.2. The van der Waals surface area contributed by atoms with E-state index < -0.39 is 5.60 Å². The summed E-state index contributed by atoms with van der Waals surface area (Å²) < 4.78 is 0. The molecule has 0 aromatic heterocycles. The summed E-state index contributed by atoms with van der Waals surface area (Å²) in [5.41, 5.74) is 4.04. The van der Waals surface area contributed by atoms with Crippen molar-refractivity contribution in [3.05, 3.63) is 34.9 Å². The second-order valence-corrected chi connectivity index (χ2v) is 12.5. The van der Waals surface area contributed by atoms with Crippen LogP contribution >= 0.6 is 0 Å². The monoisotopic (exact) mass is 472 g/mol. The molecular weight excluding hydrogens is 420 g/mol. The van der Waals surface area contributed by atoms with Crippen LogP contribution in [0.3, 0.4) is 0 Å². The van der Waals surface area contributed by atoms with E-state index in [0.717, 1.165) is 62.7 Å². The van der Waals surface area contributed by atoms with Crippen molar-refractivity contribution >= 4 is 6.29 Å². The molecule has 3 heteroatoms. The van der Waals surface area contributed by atoms with Crippen LogP contribution in [0.15, 0.2) is 34.9 Å². The standard InChI is InChI=1S/C31H52O3/c1-22(13-16-27-23(2)14-15-25(4)29(27,5)6)11-9-18-30(7)28(12-10-20-32)26(24(3)21-33)17-19-31(30,8)34/h11,21,25,27-28,32,34H,2,9-10,12-20H2,1,3-8H3/b22-11+,26-24-/t25-,27+,28+,30-,31-/m0/s1. The van der Waals surface area contributed by atoms with Gasteiger partial charge >= 0.3 is 0 Å². The first-order valence-corrected chi connectivity index (χ1v) is 13.6. The fourth-order valence-corrected chi connectivity index (χ4v) is 6.86. The summed E-state index contributed by atoms with van der Waals surface area (Å²) in [6.45, 7) is 20.1. The average Bonchev–Trinajstić information content (AvgIpc) is 2.77. The lowest BCUT2D eigenvalue weighted by molar-refractivity contribution is -0.115. The Balaban J connectivity index is 2.13. The van der Waals surface area contributed by atoms with Gasteiger partial charge in [-0.25, -0.2) is 0 Å². The first-order chi connectivity index (χ1) is 15.8. The van der Waals surface area contributed by atoms with Gasteiger partial charge in [0, 0.05) is 12.0 Å². The van der Waals surface area contributed by atoms with Crippen LogP contribution in [0.2, 0.25) is 0 Å². The topological polar surface area (TPSA) is 57.5 Å². The fraction of sp³-hybridized carbons (Fsp3) is 0.774. The molecule has 2 saturated carbocycles. The Hall–Kier alpha value is -1.19. The minimum atomic E-state index is -0.790. The van der Waals surface area contributed by atoms with Crippen molar-refractivity contribution in [1.29, 1.82) is 0 Å². The third-order valence-corrected chi connectivity index (χ3v) is 10.2. The zero-order chi connectivity index (χ0) is 25.7. The number of allylic oxidation sites excluding steroid dienone is 5. The normalized spacial score (nSPS) is 35.9. The molecule has 34 heavy (non-hydrogen) atoms. The van der Waals surface area contributed by atoms with Crippen molar-refractivity contribution in [3.8, 4) is 0 Å². The summed E-state index contributed by atoms with van der Waals surface area (Å²) in [5.74, 6) is 1.43.